The normalized spacial score (nSPS) is 26.7. The van der Waals surface area contributed by atoms with Crippen molar-refractivity contribution in [2.75, 3.05) is 20.6 Å². The molecule has 0 radical (unpaired) electrons. The molecule has 0 heterocycles. The number of carbonyl (C=O) groups is 3. The molecule has 0 aromatic heterocycles. The van der Waals surface area contributed by atoms with Crippen LogP contribution in [0.2, 0.25) is 0 Å². The van der Waals surface area contributed by atoms with Crippen LogP contribution in [0.1, 0.15) is 54.2 Å². The van der Waals surface area contributed by atoms with Gasteiger partial charge >= 0.3 is 6.18 Å². The molecule has 7 N–H and O–H groups in total. The van der Waals surface area contributed by atoms with Crippen molar-refractivity contribution >= 4 is 17.5 Å². The Hall–Kier alpha value is -3.42. The van der Waals surface area contributed by atoms with Crippen LogP contribution in [0.4, 0.5) is 13.2 Å². The van der Waals surface area contributed by atoms with Crippen LogP contribution in [0.25, 0.3) is 0 Å². The number of nitrogens with one attached hydrogen (secondary N) is 1. The van der Waals surface area contributed by atoms with Gasteiger partial charge in [0, 0.05) is 24.6 Å². The number of nitrogens with two attached hydrogens (primary N) is 1. The van der Waals surface area contributed by atoms with Gasteiger partial charge in [0.1, 0.15) is 22.8 Å². The monoisotopic (exact) mass is 581 g/mol. The van der Waals surface area contributed by atoms with E-state index in [-0.39, 0.29) is 23.9 Å². The molecule has 13 heteroatoms. The van der Waals surface area contributed by atoms with E-state index in [1.807, 2.05) is 20.8 Å². The number of amides is 1. The molecule has 4 rings (SSSR count). The number of Topliss-reactive ketones (excluding diaryl/α,β-unsaturated/α-hetero) is 2. The van der Waals surface area contributed by atoms with E-state index in [1.165, 1.54) is 19.0 Å². The molecule has 0 spiro atoms. The summed E-state index contributed by atoms with van der Waals surface area (Å²) in [4.78, 5) is 40.4. The highest BCUT2D eigenvalue weighted by Gasteiger charge is 2.63. The molecular weight excluding hydrogens is 547 g/mol. The minimum atomic E-state index is -4.90. The molecule has 0 bridgehead atoms. The van der Waals surface area contributed by atoms with E-state index >= 15 is 0 Å². The topological polar surface area (TPSA) is 173 Å². The van der Waals surface area contributed by atoms with Crippen LogP contribution in [0.5, 0.6) is 5.75 Å². The molecule has 3 aliphatic rings. The number of nitrogens with zero attached hydrogens (tertiary/aromatic N) is 1. The molecule has 41 heavy (non-hydrogen) atoms. The molecule has 0 saturated carbocycles. The van der Waals surface area contributed by atoms with Gasteiger partial charge in [0.05, 0.1) is 17.2 Å². The van der Waals surface area contributed by atoms with Crippen LogP contribution in [0, 0.1) is 17.3 Å². The average Bonchev–Trinajstić information content (AvgIpc) is 2.79. The zero-order valence-electron chi connectivity index (χ0n) is 23.3. The van der Waals surface area contributed by atoms with Gasteiger partial charge in [0.25, 0.3) is 5.91 Å². The number of aromatic hydroxyl groups is 1. The fraction of sp³-hybridized carbons (Fsp3) is 0.536. The fourth-order valence-electron chi connectivity index (χ4n) is 6.45. The van der Waals surface area contributed by atoms with Crippen molar-refractivity contribution in [3.8, 4) is 5.75 Å². The maximum atomic E-state index is 14.5. The summed E-state index contributed by atoms with van der Waals surface area (Å²) >= 11 is 0. The van der Waals surface area contributed by atoms with E-state index in [2.05, 4.69) is 5.32 Å². The fourth-order valence-corrected chi connectivity index (χ4v) is 6.45. The Balaban J connectivity index is 1.92. The van der Waals surface area contributed by atoms with Crippen molar-refractivity contribution in [1.82, 2.24) is 10.2 Å². The number of halogens is 3. The lowest BCUT2D eigenvalue weighted by atomic mass is 9.58. The summed E-state index contributed by atoms with van der Waals surface area (Å²) in [7, 11) is 2.92. The van der Waals surface area contributed by atoms with Crippen molar-refractivity contribution in [3.05, 3.63) is 51.0 Å². The van der Waals surface area contributed by atoms with Crippen molar-refractivity contribution in [2.24, 2.45) is 23.0 Å². The molecule has 0 unspecified atom stereocenters. The van der Waals surface area contributed by atoms with E-state index < -0.39 is 98.7 Å². The SMILES string of the molecule is CN(C)[C@@H]1C(O)=C(C(N)=O)C(=O)[C@@]2(O)C(O)=C3C(=O)c4c(O)cc(CNCC(C)(C)C)c(C(F)(F)F)c4C[C@H]3C[C@@H]12. The second kappa shape index (κ2) is 9.85. The number of phenolic OH excluding ortho intramolecular Hbond substituents is 1. The van der Waals surface area contributed by atoms with Crippen molar-refractivity contribution in [3.63, 3.8) is 0 Å². The summed E-state index contributed by atoms with van der Waals surface area (Å²) < 4.78 is 43.6. The molecule has 1 aromatic rings. The van der Waals surface area contributed by atoms with Crippen LogP contribution in [0.3, 0.4) is 0 Å². The van der Waals surface area contributed by atoms with Gasteiger partial charge in [-0.1, -0.05) is 20.8 Å². The largest absolute Gasteiger partial charge is 0.510 e. The third kappa shape index (κ3) is 4.79. The first-order chi connectivity index (χ1) is 18.7. The Kier molecular flexibility index (Phi) is 7.33. The number of phenols is 1. The first kappa shape index (κ1) is 30.5. The number of rotatable bonds is 5. The summed E-state index contributed by atoms with van der Waals surface area (Å²) in [6.07, 6.45) is -5.67. The van der Waals surface area contributed by atoms with E-state index in [1.54, 1.807) is 0 Å². The quantitative estimate of drug-likeness (QED) is 0.285. The van der Waals surface area contributed by atoms with Gasteiger partial charge in [0.2, 0.25) is 5.78 Å². The Morgan fingerprint density at radius 3 is 2.29 bits per heavy atom. The minimum Gasteiger partial charge on any atom is -0.510 e. The predicted octanol–water partition coefficient (Wildman–Crippen LogP) is 2.28. The summed E-state index contributed by atoms with van der Waals surface area (Å²) in [5.74, 6) is -9.06. The van der Waals surface area contributed by atoms with Crippen molar-refractivity contribution < 1.29 is 48.0 Å². The highest BCUT2D eigenvalue weighted by Crippen LogP contribution is 2.53. The third-order valence-electron chi connectivity index (χ3n) is 8.06. The molecule has 10 nitrogen and oxygen atoms in total. The summed E-state index contributed by atoms with van der Waals surface area (Å²) in [5.41, 5.74) is -1.79. The number of ketones is 2. The molecular formula is C28H34F3N3O7. The molecule has 0 saturated heterocycles. The van der Waals surface area contributed by atoms with Gasteiger partial charge in [-0.2, -0.15) is 13.2 Å². The first-order valence-corrected chi connectivity index (χ1v) is 13.0. The zero-order chi connectivity index (χ0) is 31.0. The summed E-state index contributed by atoms with van der Waals surface area (Å²) in [6.45, 7) is 5.82. The Morgan fingerprint density at radius 1 is 1.17 bits per heavy atom. The number of primary amides is 1. The number of fused-ring (bicyclic) bond motifs is 3. The Morgan fingerprint density at radius 2 is 1.78 bits per heavy atom. The molecule has 0 fully saturated rings. The second-order valence-electron chi connectivity index (χ2n) is 12.4. The number of alkyl halides is 3. The second-order valence-corrected chi connectivity index (χ2v) is 12.4. The molecule has 3 aliphatic carbocycles. The van der Waals surface area contributed by atoms with Gasteiger partial charge in [0.15, 0.2) is 11.4 Å². The van der Waals surface area contributed by atoms with Gasteiger partial charge in [-0.25, -0.2) is 0 Å². The molecule has 224 valence electrons. The maximum absolute atomic E-state index is 14.5. The molecule has 1 amide bonds. The van der Waals surface area contributed by atoms with Crippen LogP contribution >= 0.6 is 0 Å². The van der Waals surface area contributed by atoms with Crippen LogP contribution in [-0.2, 0) is 28.7 Å². The van der Waals surface area contributed by atoms with Crippen LogP contribution in [-0.4, -0.2) is 75.1 Å². The minimum absolute atomic E-state index is 0.241. The molecule has 4 atom stereocenters. The summed E-state index contributed by atoms with van der Waals surface area (Å²) in [5, 5.41) is 47.4. The first-order valence-electron chi connectivity index (χ1n) is 13.0. The number of likely N-dealkylation sites (N-methyl/N-ethyl adjacent to an activating group) is 1. The maximum Gasteiger partial charge on any atom is 0.417 e. The average molecular weight is 582 g/mol. The zero-order valence-corrected chi connectivity index (χ0v) is 23.3. The number of benzene rings is 1. The van der Waals surface area contributed by atoms with Gasteiger partial charge in [-0.3, -0.25) is 19.3 Å². The lowest BCUT2D eigenvalue weighted by Gasteiger charge is -2.50. The van der Waals surface area contributed by atoms with Gasteiger partial charge in [-0.05, 0) is 55.5 Å². The van der Waals surface area contributed by atoms with E-state index in [4.69, 9.17) is 5.73 Å². The van der Waals surface area contributed by atoms with Gasteiger partial charge < -0.3 is 31.5 Å². The van der Waals surface area contributed by atoms with E-state index in [0.717, 1.165) is 6.07 Å². The number of carbonyl (C=O) groups excluding carboxylic acids is 3. The van der Waals surface area contributed by atoms with E-state index in [9.17, 15) is 48.0 Å². The lowest BCUT2D eigenvalue weighted by Crippen LogP contribution is -2.63. The number of aliphatic hydroxyl groups excluding tert-OH is 2. The smallest absolute Gasteiger partial charge is 0.417 e. The van der Waals surface area contributed by atoms with Crippen molar-refractivity contribution in [2.45, 2.75) is 58.0 Å². The standard InChI is InChI=1S/C28H34F3N3O7/c1-26(2,3)10-33-9-12-8-15(35)17-13(19(12)28(29,30)31)6-11-7-14-20(34(4)5)22(37)18(25(32)40)24(39)27(14,41)23(38)16(11)21(17)36/h8,11,14,20,33,35,37-38,41H,6-7,9-10H2,1-5H3,(H2,32,40)/t11-,14-,20-,27-/m0/s1. The Labute approximate surface area is 234 Å². The number of aliphatic hydroxyl groups is 3. The predicted molar refractivity (Wildman–Crippen MR) is 140 cm³/mol. The third-order valence-corrected chi connectivity index (χ3v) is 8.06. The molecule has 0 aliphatic heterocycles. The van der Waals surface area contributed by atoms with Crippen molar-refractivity contribution in [1.29, 1.82) is 0 Å². The van der Waals surface area contributed by atoms with Gasteiger partial charge in [-0.15, -0.1) is 0 Å². The lowest BCUT2D eigenvalue weighted by molar-refractivity contribution is -0.148. The van der Waals surface area contributed by atoms with E-state index in [0.29, 0.717) is 6.54 Å². The highest BCUT2D eigenvalue weighted by molar-refractivity contribution is 6.24. The number of hydrogen-bond donors (Lipinski definition) is 6. The molecule has 1 aromatic carbocycles. The number of allylic oxidation sites excluding steroid dienone is 1. The van der Waals surface area contributed by atoms with Crippen LogP contribution in [0.15, 0.2) is 28.7 Å². The highest BCUT2D eigenvalue weighted by atomic mass is 19.4. The Bertz CT molecular complexity index is 1410. The summed E-state index contributed by atoms with van der Waals surface area (Å²) in [6, 6.07) is -0.392. The van der Waals surface area contributed by atoms with Crippen LogP contribution < -0.4 is 11.1 Å². The number of hydrogen-bond acceptors (Lipinski definition) is 9.